The summed E-state index contributed by atoms with van der Waals surface area (Å²) in [6.07, 6.45) is 0. The van der Waals surface area contributed by atoms with E-state index in [1.54, 1.807) is 72.9 Å². The Balaban J connectivity index is 1.54. The Bertz CT molecular complexity index is 1310. The summed E-state index contributed by atoms with van der Waals surface area (Å²) in [5.41, 5.74) is 8.79. The van der Waals surface area contributed by atoms with Gasteiger partial charge in [-0.3, -0.25) is 9.36 Å². The third kappa shape index (κ3) is 4.98. The molecular weight excluding hydrogens is 467 g/mol. The van der Waals surface area contributed by atoms with Gasteiger partial charge in [0, 0.05) is 15.7 Å². The normalized spacial score (nSPS) is 13.7. The van der Waals surface area contributed by atoms with Gasteiger partial charge in [0.15, 0.2) is 5.85 Å². The smallest absolute Gasteiger partial charge is 0.264 e. The van der Waals surface area contributed by atoms with Gasteiger partial charge in [0.05, 0.1) is 18.0 Å². The van der Waals surface area contributed by atoms with Crippen molar-refractivity contribution >= 4 is 41.3 Å². The summed E-state index contributed by atoms with van der Waals surface area (Å²) < 4.78 is 19.1. The summed E-state index contributed by atoms with van der Waals surface area (Å²) in [6.45, 7) is 1.92. The van der Waals surface area contributed by atoms with Crippen LogP contribution in [0.1, 0.15) is 28.7 Å². The summed E-state index contributed by atoms with van der Waals surface area (Å²) in [4.78, 5) is 13.9. The lowest BCUT2D eigenvalue weighted by atomic mass is 10.1. The zero-order valence-corrected chi connectivity index (χ0v) is 20.3. The van der Waals surface area contributed by atoms with Gasteiger partial charge in [0.1, 0.15) is 0 Å². The van der Waals surface area contributed by atoms with E-state index in [-0.39, 0.29) is 12.5 Å². The van der Waals surface area contributed by atoms with Gasteiger partial charge in [0.25, 0.3) is 13.3 Å². The molecule has 1 aromatic heterocycles. The molecule has 3 aromatic carbocycles. The van der Waals surface area contributed by atoms with E-state index in [9.17, 15) is 14.5 Å². The Kier molecular flexibility index (Phi) is 7.29. The third-order valence-corrected chi connectivity index (χ3v) is 8.86. The van der Waals surface area contributed by atoms with Crippen molar-refractivity contribution in [3.8, 4) is 10.4 Å². The van der Waals surface area contributed by atoms with Crippen molar-refractivity contribution in [3.63, 3.8) is 0 Å². The fraction of sp³-hybridized carbons (Fsp3) is 0.115. The molecular formula is C26H25N2O4PS. The van der Waals surface area contributed by atoms with Crippen molar-refractivity contribution in [3.05, 3.63) is 101 Å². The number of thiophene rings is 1. The molecule has 8 heteroatoms. The number of benzene rings is 3. The molecule has 4 rings (SSSR count). The second kappa shape index (κ2) is 10.4. The molecule has 0 fully saturated rings. The average molecular weight is 493 g/mol. The monoisotopic (exact) mass is 492 g/mol. The van der Waals surface area contributed by atoms with Crippen molar-refractivity contribution in [2.75, 3.05) is 17.7 Å². The molecule has 1 amide bonds. The molecule has 0 saturated carbocycles. The molecule has 2 unspecified atom stereocenters. The van der Waals surface area contributed by atoms with Crippen molar-refractivity contribution in [1.82, 2.24) is 0 Å². The molecule has 2 atom stereocenters. The van der Waals surface area contributed by atoms with E-state index in [0.717, 1.165) is 10.4 Å². The highest BCUT2D eigenvalue weighted by atomic mass is 32.1. The first kappa shape index (κ1) is 23.9. The number of carbonyl (C=O) groups excluding carboxylic acids is 1. The molecule has 0 bridgehead atoms. The first-order valence-corrected chi connectivity index (χ1v) is 13.3. The first-order valence-electron chi connectivity index (χ1n) is 10.7. The summed E-state index contributed by atoms with van der Waals surface area (Å²) >= 11 is 1.60. The fourth-order valence-electron chi connectivity index (χ4n) is 3.57. The average Bonchev–Trinajstić information content (AvgIpc) is 3.41. The quantitative estimate of drug-likeness (QED) is 0.211. The first-order chi connectivity index (χ1) is 16.4. The maximum absolute atomic E-state index is 13.6. The zero-order chi connectivity index (χ0) is 24.1. The molecule has 0 radical (unpaired) electrons. The van der Waals surface area contributed by atoms with Gasteiger partial charge >= 0.3 is 0 Å². The second-order valence-electron chi connectivity index (χ2n) is 7.58. The van der Waals surface area contributed by atoms with Crippen LogP contribution in [0.4, 0.5) is 11.4 Å². The van der Waals surface area contributed by atoms with Crippen LogP contribution in [0.25, 0.3) is 10.4 Å². The molecule has 0 aliphatic carbocycles. The number of hydrogen-bond donors (Lipinski definition) is 3. The van der Waals surface area contributed by atoms with Gasteiger partial charge in [-0.25, -0.2) is 0 Å². The Labute approximate surface area is 202 Å². The third-order valence-electron chi connectivity index (χ3n) is 5.34. The van der Waals surface area contributed by atoms with Gasteiger partial charge < -0.3 is 20.7 Å². The number of nitrogen functional groups attached to an aromatic ring is 1. The molecule has 4 N–H and O–H groups in total. The topological polar surface area (TPSA) is 102 Å². The van der Waals surface area contributed by atoms with E-state index >= 15 is 0 Å². The van der Waals surface area contributed by atoms with Gasteiger partial charge in [-0.2, -0.15) is 0 Å². The highest BCUT2D eigenvalue weighted by Gasteiger charge is 2.35. The largest absolute Gasteiger partial charge is 0.397 e. The Morgan fingerprint density at radius 2 is 1.79 bits per heavy atom. The lowest BCUT2D eigenvalue weighted by Gasteiger charge is -2.24. The molecule has 0 aliphatic rings. The lowest BCUT2D eigenvalue weighted by Crippen LogP contribution is -2.15. The molecule has 6 nitrogen and oxygen atoms in total. The number of carbonyl (C=O) groups is 1. The SMILES string of the molecule is CCOP(=O)(c1ccccc1)C(O)c1ccc(C(=O)Nc2cc(-c3cccs3)ccc2N)cc1. The lowest BCUT2D eigenvalue weighted by molar-refractivity contribution is 0.102. The molecule has 0 saturated heterocycles. The van der Waals surface area contributed by atoms with Crippen LogP contribution < -0.4 is 16.4 Å². The Morgan fingerprint density at radius 1 is 1.06 bits per heavy atom. The molecule has 0 aliphatic heterocycles. The van der Waals surface area contributed by atoms with Crippen LogP contribution in [0, 0.1) is 0 Å². The van der Waals surface area contributed by atoms with Crippen molar-refractivity contribution < 1.29 is 19.0 Å². The van der Waals surface area contributed by atoms with Crippen LogP contribution in [0.5, 0.6) is 0 Å². The fourth-order valence-corrected chi connectivity index (χ4v) is 6.40. The number of amides is 1. The summed E-state index contributed by atoms with van der Waals surface area (Å²) in [7, 11) is -3.57. The Hall–Kier alpha value is -3.22. The van der Waals surface area contributed by atoms with Crippen LogP contribution in [-0.4, -0.2) is 17.6 Å². The molecule has 174 valence electrons. The van der Waals surface area contributed by atoms with E-state index in [4.69, 9.17) is 10.3 Å². The minimum Gasteiger partial charge on any atom is -0.397 e. The summed E-state index contributed by atoms with van der Waals surface area (Å²) in [5, 5.41) is 16.2. The van der Waals surface area contributed by atoms with Crippen LogP contribution >= 0.6 is 18.7 Å². The van der Waals surface area contributed by atoms with E-state index in [1.807, 2.05) is 35.7 Å². The minimum absolute atomic E-state index is 0.190. The minimum atomic E-state index is -3.57. The number of anilines is 2. The number of nitrogens with one attached hydrogen (secondary N) is 1. The number of aliphatic hydroxyl groups is 1. The predicted octanol–water partition coefficient (Wildman–Crippen LogP) is 5.88. The van der Waals surface area contributed by atoms with Gasteiger partial charge in [-0.1, -0.05) is 42.5 Å². The molecule has 4 aromatic rings. The maximum atomic E-state index is 13.6. The van der Waals surface area contributed by atoms with Crippen LogP contribution in [0.2, 0.25) is 0 Å². The number of aliphatic hydroxyl groups excluding tert-OH is 1. The van der Waals surface area contributed by atoms with Crippen molar-refractivity contribution in [2.45, 2.75) is 12.8 Å². The molecule has 34 heavy (non-hydrogen) atoms. The van der Waals surface area contributed by atoms with Crippen LogP contribution in [-0.2, 0) is 9.09 Å². The molecule has 0 spiro atoms. The van der Waals surface area contributed by atoms with Gasteiger partial charge in [-0.15, -0.1) is 11.3 Å². The van der Waals surface area contributed by atoms with E-state index < -0.39 is 13.2 Å². The number of nitrogens with two attached hydrogens (primary N) is 1. The van der Waals surface area contributed by atoms with Gasteiger partial charge in [0.2, 0.25) is 0 Å². The van der Waals surface area contributed by atoms with Crippen molar-refractivity contribution in [2.24, 2.45) is 0 Å². The zero-order valence-electron chi connectivity index (χ0n) is 18.5. The number of hydrogen-bond acceptors (Lipinski definition) is 6. The predicted molar refractivity (Wildman–Crippen MR) is 139 cm³/mol. The molecule has 1 heterocycles. The van der Waals surface area contributed by atoms with Crippen LogP contribution in [0.15, 0.2) is 90.3 Å². The van der Waals surface area contributed by atoms with E-state index in [2.05, 4.69) is 5.32 Å². The van der Waals surface area contributed by atoms with E-state index in [1.165, 1.54) is 0 Å². The highest BCUT2D eigenvalue weighted by Crippen LogP contribution is 2.57. The summed E-state index contributed by atoms with van der Waals surface area (Å²) in [6, 6.07) is 24.5. The standard InChI is InChI=1S/C26H25N2O4PS/c1-2-32-33(31,21-7-4-3-5-8-21)26(30)19-12-10-18(11-13-19)25(29)28-23-17-20(14-15-22(23)27)24-9-6-16-34-24/h3-17,26,30H,2,27H2,1H3,(H,28,29). The van der Waals surface area contributed by atoms with Crippen LogP contribution in [0.3, 0.4) is 0 Å². The summed E-state index contributed by atoms with van der Waals surface area (Å²) in [5.74, 6) is -1.70. The maximum Gasteiger partial charge on any atom is 0.264 e. The Morgan fingerprint density at radius 3 is 2.44 bits per heavy atom. The van der Waals surface area contributed by atoms with Gasteiger partial charge in [-0.05, 0) is 65.9 Å². The van der Waals surface area contributed by atoms with Crippen molar-refractivity contribution in [1.29, 1.82) is 0 Å². The number of rotatable bonds is 8. The second-order valence-corrected chi connectivity index (χ2v) is 11.0. The van der Waals surface area contributed by atoms with E-state index in [0.29, 0.717) is 27.8 Å². The highest BCUT2D eigenvalue weighted by molar-refractivity contribution is 7.67.